The molecule has 0 radical (unpaired) electrons. The number of hydrogen-bond donors (Lipinski definition) is 0. The Balaban J connectivity index is 1.55. The number of piperidine rings is 1. The molecule has 0 bridgehead atoms. The number of fused-ring (bicyclic) bond motifs is 1. The second-order valence-electron chi connectivity index (χ2n) is 7.55. The second kappa shape index (κ2) is 8.49. The maximum Gasteiger partial charge on any atom is 0.337 e. The van der Waals surface area contributed by atoms with Crippen LogP contribution >= 0.6 is 0 Å². The molecule has 0 spiro atoms. The Morgan fingerprint density at radius 2 is 1.67 bits per heavy atom. The SMILES string of the molecule is COC(=O)c1cccc(C(=O)N2CCCC(C(=O)c3cccc4ccccc34)C2)c1. The number of likely N-dealkylation sites (tertiary alicyclic amines) is 1. The smallest absolute Gasteiger partial charge is 0.337 e. The van der Waals surface area contributed by atoms with Crippen molar-refractivity contribution < 1.29 is 19.1 Å². The molecule has 1 unspecified atom stereocenters. The van der Waals surface area contributed by atoms with Crippen LogP contribution in [0.2, 0.25) is 0 Å². The summed E-state index contributed by atoms with van der Waals surface area (Å²) in [6.45, 7) is 0.976. The van der Waals surface area contributed by atoms with Gasteiger partial charge in [0.05, 0.1) is 12.7 Å². The molecule has 30 heavy (non-hydrogen) atoms. The van der Waals surface area contributed by atoms with E-state index in [-0.39, 0.29) is 17.6 Å². The van der Waals surface area contributed by atoms with E-state index in [1.54, 1.807) is 29.2 Å². The number of methoxy groups -OCH3 is 1. The van der Waals surface area contributed by atoms with Crippen LogP contribution in [0.15, 0.2) is 66.7 Å². The Morgan fingerprint density at radius 1 is 0.933 bits per heavy atom. The number of ether oxygens (including phenoxy) is 1. The molecule has 0 N–H and O–H groups in total. The lowest BCUT2D eigenvalue weighted by Crippen LogP contribution is -2.42. The predicted octanol–water partition coefficient (Wildman–Crippen LogP) is 4.36. The molecule has 3 aromatic rings. The van der Waals surface area contributed by atoms with Crippen LogP contribution in [0.5, 0.6) is 0 Å². The summed E-state index contributed by atoms with van der Waals surface area (Å²) in [6, 6.07) is 20.1. The fraction of sp³-hybridized carbons (Fsp3) is 0.240. The van der Waals surface area contributed by atoms with Gasteiger partial charge in [-0.2, -0.15) is 0 Å². The fourth-order valence-electron chi connectivity index (χ4n) is 4.12. The number of esters is 1. The summed E-state index contributed by atoms with van der Waals surface area (Å²) in [5.74, 6) is -0.812. The van der Waals surface area contributed by atoms with Gasteiger partial charge in [0, 0.05) is 30.1 Å². The molecule has 1 fully saturated rings. The van der Waals surface area contributed by atoms with Crippen LogP contribution in [0.4, 0.5) is 0 Å². The van der Waals surface area contributed by atoms with Gasteiger partial charge in [-0.05, 0) is 41.8 Å². The molecule has 1 amide bonds. The number of hydrogen-bond acceptors (Lipinski definition) is 4. The summed E-state index contributed by atoms with van der Waals surface area (Å²) in [7, 11) is 1.31. The second-order valence-corrected chi connectivity index (χ2v) is 7.55. The number of benzene rings is 3. The Hall–Kier alpha value is -3.47. The number of Topliss-reactive ketones (excluding diaryl/α,β-unsaturated/α-hetero) is 1. The number of carbonyl (C=O) groups excluding carboxylic acids is 3. The van der Waals surface area contributed by atoms with E-state index in [2.05, 4.69) is 0 Å². The van der Waals surface area contributed by atoms with Crippen LogP contribution in [0, 0.1) is 5.92 Å². The van der Waals surface area contributed by atoms with E-state index in [1.165, 1.54) is 7.11 Å². The van der Waals surface area contributed by atoms with Crippen molar-refractivity contribution in [3.05, 3.63) is 83.4 Å². The van der Waals surface area contributed by atoms with Crippen LogP contribution < -0.4 is 0 Å². The Labute approximate surface area is 175 Å². The van der Waals surface area contributed by atoms with Gasteiger partial charge in [0.25, 0.3) is 5.91 Å². The minimum Gasteiger partial charge on any atom is -0.465 e. The average Bonchev–Trinajstić information content (AvgIpc) is 2.82. The molecule has 0 saturated carbocycles. The van der Waals surface area contributed by atoms with Crippen molar-refractivity contribution in [3.8, 4) is 0 Å². The molecule has 152 valence electrons. The normalized spacial score (nSPS) is 16.3. The van der Waals surface area contributed by atoms with Crippen molar-refractivity contribution in [2.45, 2.75) is 12.8 Å². The summed E-state index contributed by atoms with van der Waals surface area (Å²) >= 11 is 0. The van der Waals surface area contributed by atoms with Crippen molar-refractivity contribution in [2.75, 3.05) is 20.2 Å². The van der Waals surface area contributed by atoms with Gasteiger partial charge in [-0.1, -0.05) is 48.5 Å². The van der Waals surface area contributed by atoms with Gasteiger partial charge in [-0.15, -0.1) is 0 Å². The largest absolute Gasteiger partial charge is 0.465 e. The van der Waals surface area contributed by atoms with Crippen molar-refractivity contribution in [2.24, 2.45) is 5.92 Å². The number of rotatable bonds is 4. The summed E-state index contributed by atoms with van der Waals surface area (Å²) < 4.78 is 4.74. The highest BCUT2D eigenvalue weighted by molar-refractivity contribution is 6.09. The lowest BCUT2D eigenvalue weighted by molar-refractivity contribution is 0.0600. The number of nitrogens with zero attached hydrogens (tertiary/aromatic N) is 1. The van der Waals surface area contributed by atoms with Crippen LogP contribution in [-0.4, -0.2) is 42.8 Å². The minimum absolute atomic E-state index is 0.0765. The standard InChI is InChI=1S/C25H23NO4/c1-30-25(29)19-10-4-9-18(15-19)24(28)26-14-6-11-20(16-26)23(27)22-13-5-8-17-7-2-3-12-21(17)22/h2-5,7-10,12-13,15,20H,6,11,14,16H2,1H3. The number of amides is 1. The highest BCUT2D eigenvalue weighted by atomic mass is 16.5. The van der Waals surface area contributed by atoms with Gasteiger partial charge in [0.1, 0.15) is 0 Å². The van der Waals surface area contributed by atoms with Crippen molar-refractivity contribution >= 4 is 28.4 Å². The van der Waals surface area contributed by atoms with Gasteiger partial charge in [-0.3, -0.25) is 9.59 Å². The van der Waals surface area contributed by atoms with Gasteiger partial charge < -0.3 is 9.64 Å². The van der Waals surface area contributed by atoms with E-state index in [0.717, 1.165) is 23.6 Å². The maximum absolute atomic E-state index is 13.3. The Kier molecular flexibility index (Phi) is 5.61. The Morgan fingerprint density at radius 3 is 2.50 bits per heavy atom. The van der Waals surface area contributed by atoms with E-state index >= 15 is 0 Å². The molecular formula is C25H23NO4. The predicted molar refractivity (Wildman–Crippen MR) is 115 cm³/mol. The zero-order valence-electron chi connectivity index (χ0n) is 16.8. The third kappa shape index (κ3) is 3.83. The van der Waals surface area contributed by atoms with Gasteiger partial charge in [-0.25, -0.2) is 4.79 Å². The van der Waals surface area contributed by atoms with Gasteiger partial charge >= 0.3 is 5.97 Å². The minimum atomic E-state index is -0.479. The first-order chi connectivity index (χ1) is 14.6. The summed E-state index contributed by atoms with van der Waals surface area (Å²) in [6.07, 6.45) is 1.53. The van der Waals surface area contributed by atoms with Crippen LogP contribution in [0.25, 0.3) is 10.8 Å². The highest BCUT2D eigenvalue weighted by Gasteiger charge is 2.30. The van der Waals surface area contributed by atoms with E-state index in [9.17, 15) is 14.4 Å². The van der Waals surface area contributed by atoms with E-state index in [0.29, 0.717) is 29.8 Å². The van der Waals surface area contributed by atoms with Crippen molar-refractivity contribution in [1.82, 2.24) is 4.90 Å². The average molecular weight is 401 g/mol. The molecule has 0 aromatic heterocycles. The summed E-state index contributed by atoms with van der Waals surface area (Å²) in [4.78, 5) is 39.8. The molecule has 1 heterocycles. The third-order valence-electron chi connectivity index (χ3n) is 5.67. The maximum atomic E-state index is 13.3. The number of carbonyl (C=O) groups is 3. The van der Waals surface area contributed by atoms with Crippen LogP contribution in [0.3, 0.4) is 0 Å². The van der Waals surface area contributed by atoms with Gasteiger partial charge in [0.2, 0.25) is 0 Å². The van der Waals surface area contributed by atoms with E-state index < -0.39 is 5.97 Å². The first-order valence-electron chi connectivity index (χ1n) is 10.1. The lowest BCUT2D eigenvalue weighted by Gasteiger charge is -2.32. The highest BCUT2D eigenvalue weighted by Crippen LogP contribution is 2.26. The monoisotopic (exact) mass is 401 g/mol. The molecule has 5 heteroatoms. The lowest BCUT2D eigenvalue weighted by atomic mass is 9.87. The van der Waals surface area contributed by atoms with Crippen LogP contribution in [0.1, 0.15) is 43.9 Å². The zero-order chi connectivity index (χ0) is 21.1. The molecule has 4 rings (SSSR count). The van der Waals surface area contributed by atoms with Gasteiger partial charge in [0.15, 0.2) is 5.78 Å². The quantitative estimate of drug-likeness (QED) is 0.481. The van der Waals surface area contributed by atoms with Crippen molar-refractivity contribution in [1.29, 1.82) is 0 Å². The number of ketones is 1. The first-order valence-corrected chi connectivity index (χ1v) is 10.1. The Bertz CT molecular complexity index is 1120. The third-order valence-corrected chi connectivity index (χ3v) is 5.67. The summed E-state index contributed by atoms with van der Waals surface area (Å²) in [5, 5.41) is 1.98. The molecular weight excluding hydrogens is 378 g/mol. The molecule has 5 nitrogen and oxygen atoms in total. The molecule has 1 aliphatic rings. The van der Waals surface area contributed by atoms with Crippen LogP contribution in [-0.2, 0) is 4.74 Å². The molecule has 1 atom stereocenters. The van der Waals surface area contributed by atoms with Crippen molar-refractivity contribution in [3.63, 3.8) is 0 Å². The van der Waals surface area contributed by atoms with E-state index in [1.807, 2.05) is 42.5 Å². The zero-order valence-corrected chi connectivity index (χ0v) is 16.8. The molecule has 3 aromatic carbocycles. The molecule has 1 aliphatic heterocycles. The summed E-state index contributed by atoms with van der Waals surface area (Å²) in [5.41, 5.74) is 1.47. The molecule has 1 saturated heterocycles. The molecule has 0 aliphatic carbocycles. The first kappa shape index (κ1) is 19.8. The van der Waals surface area contributed by atoms with E-state index in [4.69, 9.17) is 4.74 Å². The topological polar surface area (TPSA) is 63.7 Å². The fourth-order valence-corrected chi connectivity index (χ4v) is 4.12.